The minimum absolute atomic E-state index is 0.0664. The van der Waals surface area contributed by atoms with Gasteiger partial charge in [-0.2, -0.15) is 0 Å². The van der Waals surface area contributed by atoms with Gasteiger partial charge >= 0.3 is 0 Å². The number of hydrogen-bond acceptors (Lipinski definition) is 5. The zero-order chi connectivity index (χ0) is 20.1. The second kappa shape index (κ2) is 8.39. The van der Waals surface area contributed by atoms with E-state index in [0.29, 0.717) is 28.4 Å². The summed E-state index contributed by atoms with van der Waals surface area (Å²) < 4.78 is 10.6. The van der Waals surface area contributed by atoms with Gasteiger partial charge in [0.1, 0.15) is 5.75 Å². The maximum Gasteiger partial charge on any atom is 0.277 e. The van der Waals surface area contributed by atoms with E-state index in [4.69, 9.17) is 9.26 Å². The van der Waals surface area contributed by atoms with Crippen LogP contribution in [0.5, 0.6) is 5.75 Å². The summed E-state index contributed by atoms with van der Waals surface area (Å²) in [5, 5.41) is 9.39. The van der Waals surface area contributed by atoms with E-state index in [1.165, 1.54) is 0 Å². The Morgan fingerprint density at radius 1 is 1.00 bits per heavy atom. The van der Waals surface area contributed by atoms with Crippen LogP contribution >= 0.6 is 0 Å². The molecule has 0 bridgehead atoms. The molecule has 3 rings (SSSR count). The van der Waals surface area contributed by atoms with Gasteiger partial charge in [-0.3, -0.25) is 9.59 Å². The van der Waals surface area contributed by atoms with Crippen molar-refractivity contribution in [1.29, 1.82) is 0 Å². The minimum Gasteiger partial charge on any atom is -0.496 e. The average Bonchev–Trinajstić information content (AvgIpc) is 3.19. The van der Waals surface area contributed by atoms with Gasteiger partial charge in [0, 0.05) is 23.4 Å². The summed E-state index contributed by atoms with van der Waals surface area (Å²) in [4.78, 5) is 24.1. The predicted molar refractivity (Wildman–Crippen MR) is 106 cm³/mol. The van der Waals surface area contributed by atoms with Gasteiger partial charge in [-0.05, 0) is 36.4 Å². The van der Waals surface area contributed by atoms with Crippen LogP contribution in [0.4, 0.5) is 11.4 Å². The number of methoxy groups -OCH3 is 1. The zero-order valence-corrected chi connectivity index (χ0v) is 15.9. The molecular weight excluding hydrogens is 358 g/mol. The Kier molecular flexibility index (Phi) is 5.74. The molecule has 28 heavy (non-hydrogen) atoms. The third-order valence-electron chi connectivity index (χ3n) is 4.05. The summed E-state index contributed by atoms with van der Waals surface area (Å²) in [5.41, 5.74) is 2.10. The minimum atomic E-state index is -0.399. The van der Waals surface area contributed by atoms with Gasteiger partial charge in [0.05, 0.1) is 12.7 Å². The molecule has 2 aromatic carbocycles. The number of anilines is 2. The topological polar surface area (TPSA) is 93.5 Å². The fourth-order valence-corrected chi connectivity index (χ4v) is 2.48. The van der Waals surface area contributed by atoms with Gasteiger partial charge in [0.15, 0.2) is 11.5 Å². The van der Waals surface area contributed by atoms with Crippen molar-refractivity contribution in [2.45, 2.75) is 13.8 Å². The third kappa shape index (κ3) is 4.37. The van der Waals surface area contributed by atoms with Crippen molar-refractivity contribution in [3.63, 3.8) is 0 Å². The average molecular weight is 379 g/mol. The molecule has 0 unspecified atom stereocenters. The fourth-order valence-electron chi connectivity index (χ4n) is 2.48. The molecule has 2 N–H and O–H groups in total. The normalized spacial score (nSPS) is 10.6. The third-order valence-corrected chi connectivity index (χ3v) is 4.05. The number of carbonyl (C=O) groups excluding carboxylic acids is 2. The first-order valence-electron chi connectivity index (χ1n) is 8.80. The lowest BCUT2D eigenvalue weighted by Crippen LogP contribution is -2.17. The highest BCUT2D eigenvalue weighted by atomic mass is 16.5. The number of hydrogen-bond donors (Lipinski definition) is 2. The summed E-state index contributed by atoms with van der Waals surface area (Å²) >= 11 is 0. The number of aromatic nitrogens is 1. The number of carbonyl (C=O) groups is 2. The Balaban J connectivity index is 1.69. The maximum atomic E-state index is 12.4. The molecule has 3 aromatic rings. The van der Waals surface area contributed by atoms with Crippen molar-refractivity contribution >= 4 is 23.2 Å². The van der Waals surface area contributed by atoms with Crippen LogP contribution in [0.15, 0.2) is 59.1 Å². The highest BCUT2D eigenvalue weighted by Crippen LogP contribution is 2.30. The van der Waals surface area contributed by atoms with E-state index in [0.717, 1.165) is 0 Å². The summed E-state index contributed by atoms with van der Waals surface area (Å²) in [6, 6.07) is 15.7. The first-order valence-corrected chi connectivity index (χ1v) is 8.80. The molecule has 0 spiro atoms. The van der Waals surface area contributed by atoms with E-state index in [1.54, 1.807) is 43.5 Å². The Morgan fingerprint density at radius 3 is 2.29 bits per heavy atom. The molecule has 7 heteroatoms. The molecule has 7 nitrogen and oxygen atoms in total. The van der Waals surface area contributed by atoms with Crippen molar-refractivity contribution in [2.75, 3.05) is 17.7 Å². The highest BCUT2D eigenvalue weighted by Gasteiger charge is 2.16. The SMILES string of the molecule is COc1ccccc1-c1cc(C(=O)Nc2ccc(NC(=O)C(C)C)cc2)no1. The second-order valence-electron chi connectivity index (χ2n) is 6.45. The van der Waals surface area contributed by atoms with Crippen molar-refractivity contribution in [1.82, 2.24) is 5.16 Å². The summed E-state index contributed by atoms with van der Waals surface area (Å²) in [6.07, 6.45) is 0. The van der Waals surface area contributed by atoms with Gasteiger partial charge in [-0.15, -0.1) is 0 Å². The van der Waals surface area contributed by atoms with Crippen molar-refractivity contribution in [3.05, 3.63) is 60.3 Å². The lowest BCUT2D eigenvalue weighted by molar-refractivity contribution is -0.118. The van der Waals surface area contributed by atoms with Crippen LogP contribution in [0.3, 0.4) is 0 Å². The monoisotopic (exact) mass is 379 g/mol. The van der Waals surface area contributed by atoms with E-state index in [9.17, 15) is 9.59 Å². The van der Waals surface area contributed by atoms with E-state index in [1.807, 2.05) is 32.0 Å². The number of ether oxygens (including phenoxy) is 1. The first kappa shape index (κ1) is 19.2. The van der Waals surface area contributed by atoms with Crippen LogP contribution in [0.25, 0.3) is 11.3 Å². The molecule has 0 radical (unpaired) electrons. The number of nitrogens with zero attached hydrogens (tertiary/aromatic N) is 1. The highest BCUT2D eigenvalue weighted by molar-refractivity contribution is 6.03. The molecule has 144 valence electrons. The Bertz CT molecular complexity index is 977. The molecule has 0 saturated carbocycles. The standard InChI is InChI=1S/C21H21N3O4/c1-13(2)20(25)22-14-8-10-15(11-9-14)23-21(26)17-12-19(28-24-17)16-6-4-5-7-18(16)27-3/h4-13H,1-3H3,(H,22,25)(H,23,26). The molecule has 0 atom stereocenters. The second-order valence-corrected chi connectivity index (χ2v) is 6.45. The van der Waals surface area contributed by atoms with Crippen molar-refractivity contribution in [3.8, 4) is 17.1 Å². The number of para-hydroxylation sites is 1. The Hall–Kier alpha value is -3.61. The van der Waals surface area contributed by atoms with E-state index in [2.05, 4.69) is 15.8 Å². The lowest BCUT2D eigenvalue weighted by atomic mass is 10.1. The van der Waals surface area contributed by atoms with E-state index >= 15 is 0 Å². The van der Waals surface area contributed by atoms with Gasteiger partial charge < -0.3 is 19.9 Å². The summed E-state index contributed by atoms with van der Waals surface area (Å²) in [5.74, 6) is 0.495. The Labute approximate surface area is 162 Å². The van der Waals surface area contributed by atoms with Gasteiger partial charge in [-0.25, -0.2) is 0 Å². The number of nitrogens with one attached hydrogen (secondary N) is 2. The molecule has 0 aliphatic rings. The molecule has 0 fully saturated rings. The fraction of sp³-hybridized carbons (Fsp3) is 0.190. The van der Waals surface area contributed by atoms with Crippen LogP contribution in [-0.4, -0.2) is 24.1 Å². The molecular formula is C21H21N3O4. The molecule has 0 aliphatic heterocycles. The van der Waals surface area contributed by atoms with Crippen LogP contribution < -0.4 is 15.4 Å². The zero-order valence-electron chi connectivity index (χ0n) is 15.9. The largest absolute Gasteiger partial charge is 0.496 e. The van der Waals surface area contributed by atoms with E-state index < -0.39 is 5.91 Å². The van der Waals surface area contributed by atoms with Gasteiger partial charge in [-0.1, -0.05) is 31.1 Å². The first-order chi connectivity index (χ1) is 13.5. The quantitative estimate of drug-likeness (QED) is 0.670. The molecule has 0 aliphatic carbocycles. The molecule has 1 aromatic heterocycles. The molecule has 1 heterocycles. The van der Waals surface area contributed by atoms with Crippen molar-refractivity contribution < 1.29 is 18.8 Å². The smallest absolute Gasteiger partial charge is 0.277 e. The van der Waals surface area contributed by atoms with Gasteiger partial charge in [0.25, 0.3) is 5.91 Å². The molecule has 0 saturated heterocycles. The van der Waals surface area contributed by atoms with Gasteiger partial charge in [0.2, 0.25) is 5.91 Å². The number of rotatable bonds is 6. The van der Waals surface area contributed by atoms with Crippen LogP contribution in [0.2, 0.25) is 0 Å². The molecule has 2 amide bonds. The summed E-state index contributed by atoms with van der Waals surface area (Å²) in [6.45, 7) is 3.64. The van der Waals surface area contributed by atoms with Crippen LogP contribution in [0.1, 0.15) is 24.3 Å². The lowest BCUT2D eigenvalue weighted by Gasteiger charge is -2.08. The Morgan fingerprint density at radius 2 is 1.64 bits per heavy atom. The predicted octanol–water partition coefficient (Wildman–Crippen LogP) is 4.20. The summed E-state index contributed by atoms with van der Waals surface area (Å²) in [7, 11) is 1.57. The number of amides is 2. The number of benzene rings is 2. The van der Waals surface area contributed by atoms with Crippen LogP contribution in [-0.2, 0) is 4.79 Å². The maximum absolute atomic E-state index is 12.4. The van der Waals surface area contributed by atoms with Crippen molar-refractivity contribution in [2.24, 2.45) is 5.92 Å². The van der Waals surface area contributed by atoms with Crippen LogP contribution in [0, 0.1) is 5.92 Å². The van der Waals surface area contributed by atoms with E-state index in [-0.39, 0.29) is 17.5 Å².